The van der Waals surface area contributed by atoms with Crippen LogP contribution in [0.25, 0.3) is 55.3 Å². The molecule has 0 heterocycles. The summed E-state index contributed by atoms with van der Waals surface area (Å²) in [6, 6.07) is 84.4. The summed E-state index contributed by atoms with van der Waals surface area (Å²) in [7, 11) is 0. The van der Waals surface area contributed by atoms with Gasteiger partial charge in [0.25, 0.3) is 0 Å². The molecule has 66 heavy (non-hydrogen) atoms. The molecular weight excluding hydrogens is 795 g/mol. The second kappa shape index (κ2) is 14.1. The highest BCUT2D eigenvalue weighted by Gasteiger charge is 2.53. The fourth-order valence-corrected chi connectivity index (χ4v) is 12.4. The SMILES string of the molecule is CC1(C)c2ccccc2-c2ccc(N(c3ccc(-c4ccccc4)cc3)c3ccc4cc(-c5cccc6c5-c5ccccc5C65c6ccccc6C(C)(C)c6ccccc65)ccc4c3)cc21. The van der Waals surface area contributed by atoms with Crippen molar-refractivity contribution in [1.29, 1.82) is 0 Å². The fourth-order valence-electron chi connectivity index (χ4n) is 12.4. The molecule has 0 bridgehead atoms. The average Bonchev–Trinajstić information content (AvgIpc) is 3.79. The van der Waals surface area contributed by atoms with E-state index in [2.05, 4.69) is 257 Å². The van der Waals surface area contributed by atoms with Crippen LogP contribution in [0.3, 0.4) is 0 Å². The average molecular weight is 844 g/mol. The molecule has 0 unspecified atom stereocenters. The second-order valence-electron chi connectivity index (χ2n) is 19.6. The first-order valence-electron chi connectivity index (χ1n) is 23.4. The number of fused-ring (bicyclic) bond motifs is 13. The highest BCUT2D eigenvalue weighted by Crippen LogP contribution is 2.63. The summed E-state index contributed by atoms with van der Waals surface area (Å²) in [5.41, 5.74) is 24.0. The topological polar surface area (TPSA) is 3.24 Å². The van der Waals surface area contributed by atoms with Gasteiger partial charge in [-0.1, -0.05) is 210 Å². The third-order valence-electron chi connectivity index (χ3n) is 15.5. The van der Waals surface area contributed by atoms with Gasteiger partial charge in [-0.25, -0.2) is 0 Å². The van der Waals surface area contributed by atoms with E-state index in [1.807, 2.05) is 0 Å². The van der Waals surface area contributed by atoms with E-state index in [1.165, 1.54) is 99.8 Å². The lowest BCUT2D eigenvalue weighted by atomic mass is 9.55. The summed E-state index contributed by atoms with van der Waals surface area (Å²) in [5, 5.41) is 2.42. The number of hydrogen-bond acceptors (Lipinski definition) is 1. The molecule has 13 rings (SSSR count). The smallest absolute Gasteiger partial charge is 0.0719 e. The van der Waals surface area contributed by atoms with E-state index in [4.69, 9.17) is 0 Å². The molecule has 0 saturated carbocycles. The van der Waals surface area contributed by atoms with Gasteiger partial charge in [-0.05, 0) is 142 Å². The van der Waals surface area contributed by atoms with Crippen molar-refractivity contribution in [3.8, 4) is 44.5 Å². The van der Waals surface area contributed by atoms with Gasteiger partial charge in [0.2, 0.25) is 0 Å². The molecule has 1 nitrogen and oxygen atoms in total. The molecule has 10 aromatic carbocycles. The van der Waals surface area contributed by atoms with E-state index in [1.54, 1.807) is 0 Å². The Morgan fingerprint density at radius 2 is 0.742 bits per heavy atom. The van der Waals surface area contributed by atoms with Crippen molar-refractivity contribution in [2.45, 2.75) is 43.9 Å². The van der Waals surface area contributed by atoms with Crippen molar-refractivity contribution in [3.63, 3.8) is 0 Å². The van der Waals surface area contributed by atoms with Crippen molar-refractivity contribution >= 4 is 27.8 Å². The van der Waals surface area contributed by atoms with Gasteiger partial charge in [0.05, 0.1) is 5.41 Å². The lowest BCUT2D eigenvalue weighted by Gasteiger charge is -2.46. The van der Waals surface area contributed by atoms with Crippen LogP contribution in [-0.4, -0.2) is 0 Å². The van der Waals surface area contributed by atoms with E-state index in [9.17, 15) is 0 Å². The monoisotopic (exact) mass is 843 g/mol. The fraction of sp³-hybridized carbons (Fsp3) is 0.108. The molecule has 314 valence electrons. The Kier molecular flexibility index (Phi) is 8.28. The molecule has 0 radical (unpaired) electrons. The molecule has 3 aliphatic carbocycles. The van der Waals surface area contributed by atoms with Crippen LogP contribution in [0.5, 0.6) is 0 Å². The minimum Gasteiger partial charge on any atom is -0.310 e. The zero-order valence-corrected chi connectivity index (χ0v) is 37.8. The highest BCUT2D eigenvalue weighted by molar-refractivity contribution is 5.99. The summed E-state index contributed by atoms with van der Waals surface area (Å²) in [6.45, 7) is 9.51. The molecule has 0 N–H and O–H groups in total. The van der Waals surface area contributed by atoms with Gasteiger partial charge in [0, 0.05) is 27.9 Å². The summed E-state index contributed by atoms with van der Waals surface area (Å²) >= 11 is 0. The normalized spacial score (nSPS) is 15.0. The molecule has 0 aliphatic heterocycles. The van der Waals surface area contributed by atoms with Gasteiger partial charge in [0.15, 0.2) is 0 Å². The van der Waals surface area contributed by atoms with Crippen LogP contribution < -0.4 is 4.90 Å². The first-order valence-corrected chi connectivity index (χ1v) is 23.4. The third kappa shape index (κ3) is 5.35. The van der Waals surface area contributed by atoms with Crippen LogP contribution in [0.2, 0.25) is 0 Å². The minimum atomic E-state index is -0.422. The van der Waals surface area contributed by atoms with Gasteiger partial charge in [-0.15, -0.1) is 0 Å². The van der Waals surface area contributed by atoms with Gasteiger partial charge in [-0.2, -0.15) is 0 Å². The van der Waals surface area contributed by atoms with Crippen LogP contribution in [0.1, 0.15) is 72.2 Å². The predicted molar refractivity (Wildman–Crippen MR) is 276 cm³/mol. The third-order valence-corrected chi connectivity index (χ3v) is 15.5. The first kappa shape index (κ1) is 38.7. The molecule has 0 aromatic heterocycles. The summed E-state index contributed by atoms with van der Waals surface area (Å²) in [6.07, 6.45) is 0. The Balaban J connectivity index is 0.952. The Labute approximate surface area is 388 Å². The van der Waals surface area contributed by atoms with Gasteiger partial charge in [0.1, 0.15) is 0 Å². The summed E-state index contributed by atoms with van der Waals surface area (Å²) in [4.78, 5) is 2.43. The van der Waals surface area contributed by atoms with Crippen LogP contribution in [0.15, 0.2) is 224 Å². The lowest BCUT2D eigenvalue weighted by Crippen LogP contribution is -2.40. The van der Waals surface area contributed by atoms with E-state index in [-0.39, 0.29) is 10.8 Å². The number of anilines is 3. The van der Waals surface area contributed by atoms with Crippen molar-refractivity contribution in [1.82, 2.24) is 0 Å². The maximum absolute atomic E-state index is 2.43. The number of hydrogen-bond donors (Lipinski definition) is 0. The number of benzene rings is 10. The Morgan fingerprint density at radius 1 is 0.273 bits per heavy atom. The zero-order valence-electron chi connectivity index (χ0n) is 37.8. The van der Waals surface area contributed by atoms with Gasteiger partial charge < -0.3 is 4.90 Å². The van der Waals surface area contributed by atoms with Gasteiger partial charge >= 0.3 is 0 Å². The standard InChI is InChI=1S/C65H49N/c1-63(2)54-22-10-8-19-51(54)52-38-37-49(41-61(52)63)66(47-34-31-43(32-35-47)42-17-6-5-7-18-42)48-36-33-44-39-46(30-29-45(44)40-48)50-21-16-28-60-62(50)53-20-9-11-23-55(53)65(60)58-26-14-12-24-56(58)64(3,4)57-25-13-15-27-59(57)65/h5-41H,1-4H3. The van der Waals surface area contributed by atoms with Crippen LogP contribution >= 0.6 is 0 Å². The van der Waals surface area contributed by atoms with Crippen LogP contribution in [-0.2, 0) is 16.2 Å². The van der Waals surface area contributed by atoms with E-state index in [0.717, 1.165) is 17.1 Å². The summed E-state index contributed by atoms with van der Waals surface area (Å²) < 4.78 is 0. The van der Waals surface area contributed by atoms with Crippen molar-refractivity contribution in [3.05, 3.63) is 269 Å². The Morgan fingerprint density at radius 3 is 1.47 bits per heavy atom. The minimum absolute atomic E-state index is 0.108. The van der Waals surface area contributed by atoms with E-state index in [0.29, 0.717) is 0 Å². The number of rotatable bonds is 5. The molecule has 1 heteroatoms. The maximum atomic E-state index is 2.43. The summed E-state index contributed by atoms with van der Waals surface area (Å²) in [5.74, 6) is 0. The predicted octanol–water partition coefficient (Wildman–Crippen LogP) is 17.0. The molecular formula is C65H49N. The van der Waals surface area contributed by atoms with E-state index < -0.39 is 5.41 Å². The number of nitrogens with zero attached hydrogens (tertiary/aromatic N) is 1. The quantitative estimate of drug-likeness (QED) is 0.167. The first-order chi connectivity index (χ1) is 32.2. The van der Waals surface area contributed by atoms with Gasteiger partial charge in [-0.3, -0.25) is 0 Å². The van der Waals surface area contributed by atoms with Crippen molar-refractivity contribution < 1.29 is 0 Å². The molecule has 0 fully saturated rings. The molecule has 0 atom stereocenters. The van der Waals surface area contributed by atoms with Crippen LogP contribution in [0, 0.1) is 0 Å². The van der Waals surface area contributed by atoms with E-state index >= 15 is 0 Å². The zero-order chi connectivity index (χ0) is 44.4. The molecule has 0 saturated heterocycles. The lowest BCUT2D eigenvalue weighted by molar-refractivity contribution is 0.563. The largest absolute Gasteiger partial charge is 0.310 e. The maximum Gasteiger partial charge on any atom is 0.0719 e. The molecule has 0 amide bonds. The Hall–Kier alpha value is -7.74. The van der Waals surface area contributed by atoms with Crippen molar-refractivity contribution in [2.75, 3.05) is 4.90 Å². The second-order valence-corrected chi connectivity index (χ2v) is 19.6. The molecule has 1 spiro atoms. The van der Waals surface area contributed by atoms with Crippen molar-refractivity contribution in [2.24, 2.45) is 0 Å². The Bertz CT molecular complexity index is 3540. The molecule has 3 aliphatic rings. The molecule has 10 aromatic rings. The van der Waals surface area contributed by atoms with Crippen LogP contribution in [0.4, 0.5) is 17.1 Å². The highest BCUT2D eigenvalue weighted by atomic mass is 15.1.